The summed E-state index contributed by atoms with van der Waals surface area (Å²) < 4.78 is 63.1. The second kappa shape index (κ2) is 8.46. The van der Waals surface area contributed by atoms with Crippen molar-refractivity contribution in [3.05, 3.63) is 82.0 Å². The quantitative estimate of drug-likeness (QED) is 0.496. The van der Waals surface area contributed by atoms with Crippen LogP contribution in [0.1, 0.15) is 29.7 Å². The van der Waals surface area contributed by atoms with E-state index >= 15 is 0 Å². The Hall–Kier alpha value is -3.67. The summed E-state index contributed by atoms with van der Waals surface area (Å²) in [4.78, 5) is 18.5. The number of anilines is 1. The number of benzene rings is 2. The van der Waals surface area contributed by atoms with E-state index in [9.17, 15) is 26.7 Å². The van der Waals surface area contributed by atoms with Crippen molar-refractivity contribution in [2.45, 2.75) is 24.0 Å². The first-order valence-electron chi connectivity index (χ1n) is 8.97. The molecule has 1 heterocycles. The topological polar surface area (TPSA) is 91.8 Å². The van der Waals surface area contributed by atoms with Gasteiger partial charge in [-0.05, 0) is 53.9 Å². The van der Waals surface area contributed by atoms with Crippen LogP contribution >= 0.6 is 0 Å². The van der Waals surface area contributed by atoms with Gasteiger partial charge in [-0.3, -0.25) is 9.11 Å². The second-order valence-corrected chi connectivity index (χ2v) is 7.77. The Morgan fingerprint density at radius 3 is 2.50 bits per heavy atom. The van der Waals surface area contributed by atoms with Gasteiger partial charge in [0.05, 0.1) is 29.8 Å². The number of hydrogen-bond donors (Lipinski definition) is 0. The highest BCUT2D eigenvalue weighted by Gasteiger charge is 2.40. The lowest BCUT2D eigenvalue weighted by Crippen LogP contribution is -2.47. The average molecular weight is 459 g/mol. The Bertz CT molecular complexity index is 1240. The number of carbonyl (C=O) groups excluding carboxylic acids is 1. The lowest BCUT2D eigenvalue weighted by Gasteiger charge is -2.40. The van der Waals surface area contributed by atoms with E-state index in [1.165, 1.54) is 32.2 Å². The van der Waals surface area contributed by atoms with E-state index in [1.807, 2.05) is 6.07 Å². The van der Waals surface area contributed by atoms with Crippen molar-refractivity contribution in [2.75, 3.05) is 11.9 Å². The zero-order valence-corrected chi connectivity index (χ0v) is 17.5. The van der Waals surface area contributed by atoms with Gasteiger partial charge in [0.1, 0.15) is 0 Å². The summed E-state index contributed by atoms with van der Waals surface area (Å²) in [7, 11) is 1.32. The standard InChI is InChI=1S/C21H15F3N4O3S/c1-12-18(26-2)19(16-8-7-13(11-25)9-17(16)32(30)31)27(3)20(29)28(12)15-6-4-5-14(10-15)21(22,23)24/h4-10,19H,1,3H3,(H,30,31)/p-1/t19-/m1/s1. The molecular weight excluding hydrogens is 445 g/mol. The van der Waals surface area contributed by atoms with Crippen LogP contribution in [0.4, 0.5) is 23.7 Å². The number of likely N-dealkylation sites (N-methyl/N-ethyl adjacent to an activating group) is 1. The number of hydrogen-bond acceptors (Lipinski definition) is 4. The highest BCUT2D eigenvalue weighted by Crippen LogP contribution is 2.41. The van der Waals surface area contributed by atoms with Gasteiger partial charge in [0, 0.05) is 23.3 Å². The van der Waals surface area contributed by atoms with Crippen LogP contribution < -0.4 is 4.90 Å². The predicted molar refractivity (Wildman–Crippen MR) is 107 cm³/mol. The summed E-state index contributed by atoms with van der Waals surface area (Å²) in [6.45, 7) is 9.04. The fraction of sp³-hybridized carbons (Fsp3) is 0.190. The van der Waals surface area contributed by atoms with E-state index in [0.717, 1.165) is 34.1 Å². The summed E-state index contributed by atoms with van der Waals surface area (Å²) in [6, 6.07) is 7.95. The summed E-state index contributed by atoms with van der Waals surface area (Å²) >= 11 is -2.77. The molecule has 1 aliphatic heterocycles. The Labute approximate surface area is 184 Å². The van der Waals surface area contributed by atoms with E-state index in [-0.39, 0.29) is 33.1 Å². The minimum absolute atomic E-state index is 0.0408. The first-order valence-corrected chi connectivity index (χ1v) is 10.0. The Kier molecular flexibility index (Phi) is 6.08. The normalized spacial score (nSPS) is 17.8. The lowest BCUT2D eigenvalue weighted by molar-refractivity contribution is -0.137. The van der Waals surface area contributed by atoms with Crippen molar-refractivity contribution >= 4 is 22.8 Å². The first-order chi connectivity index (χ1) is 15.0. The van der Waals surface area contributed by atoms with Gasteiger partial charge in [0.25, 0.3) is 0 Å². The molecule has 164 valence electrons. The summed E-state index contributed by atoms with van der Waals surface area (Å²) in [5.74, 6) is 0. The Morgan fingerprint density at radius 1 is 1.25 bits per heavy atom. The van der Waals surface area contributed by atoms with Gasteiger partial charge in [0.15, 0.2) is 0 Å². The number of carbonyl (C=O) groups is 1. The van der Waals surface area contributed by atoms with Crippen LogP contribution in [0.2, 0.25) is 0 Å². The zero-order valence-electron chi connectivity index (χ0n) is 16.7. The Morgan fingerprint density at radius 2 is 1.94 bits per heavy atom. The second-order valence-electron chi connectivity index (χ2n) is 6.86. The Balaban J connectivity index is 2.21. The van der Waals surface area contributed by atoms with Crippen LogP contribution in [0, 0.1) is 17.9 Å². The number of halogens is 3. The molecule has 0 spiro atoms. The van der Waals surface area contributed by atoms with E-state index in [1.54, 1.807) is 0 Å². The molecule has 0 radical (unpaired) electrons. The first kappa shape index (κ1) is 23.0. The molecule has 1 aliphatic rings. The third-order valence-electron chi connectivity index (χ3n) is 5.01. The highest BCUT2D eigenvalue weighted by atomic mass is 32.2. The fourth-order valence-corrected chi connectivity index (χ4v) is 4.10. The van der Waals surface area contributed by atoms with Crippen LogP contribution in [-0.4, -0.2) is 26.7 Å². The van der Waals surface area contributed by atoms with Gasteiger partial charge in [-0.2, -0.15) is 18.4 Å². The maximum Gasteiger partial charge on any atom is 0.416 e. The molecule has 7 nitrogen and oxygen atoms in total. The third kappa shape index (κ3) is 3.96. The van der Waals surface area contributed by atoms with E-state index in [0.29, 0.717) is 0 Å². The van der Waals surface area contributed by atoms with E-state index in [4.69, 9.17) is 11.8 Å². The van der Waals surface area contributed by atoms with Crippen LogP contribution in [0.5, 0.6) is 0 Å². The number of rotatable bonds is 3. The van der Waals surface area contributed by atoms with Gasteiger partial charge >= 0.3 is 12.2 Å². The molecule has 2 aromatic rings. The zero-order chi connectivity index (χ0) is 23.8. The molecule has 0 saturated heterocycles. The minimum Gasteiger partial charge on any atom is -0.768 e. The summed E-state index contributed by atoms with van der Waals surface area (Å²) in [6.07, 6.45) is -4.63. The van der Waals surface area contributed by atoms with Crippen LogP contribution in [0.25, 0.3) is 4.85 Å². The number of amides is 2. The number of nitriles is 1. The highest BCUT2D eigenvalue weighted by molar-refractivity contribution is 7.79. The van der Waals surface area contributed by atoms with Crippen LogP contribution in [-0.2, 0) is 17.3 Å². The largest absolute Gasteiger partial charge is 0.768 e. The number of alkyl halides is 3. The van der Waals surface area contributed by atoms with Crippen molar-refractivity contribution in [3.8, 4) is 6.07 Å². The monoisotopic (exact) mass is 459 g/mol. The molecule has 32 heavy (non-hydrogen) atoms. The lowest BCUT2D eigenvalue weighted by atomic mass is 9.97. The molecule has 0 N–H and O–H groups in total. The van der Waals surface area contributed by atoms with Gasteiger partial charge in [-0.15, -0.1) is 0 Å². The third-order valence-corrected chi connectivity index (χ3v) is 5.73. The maximum absolute atomic E-state index is 13.2. The van der Waals surface area contributed by atoms with Crippen molar-refractivity contribution in [3.63, 3.8) is 0 Å². The molecule has 2 amide bonds. The molecule has 0 saturated carbocycles. The molecule has 2 atom stereocenters. The molecule has 2 aromatic carbocycles. The molecule has 3 rings (SSSR count). The molecule has 0 fully saturated rings. The van der Waals surface area contributed by atoms with Gasteiger partial charge < -0.3 is 9.45 Å². The van der Waals surface area contributed by atoms with Gasteiger partial charge in [0.2, 0.25) is 5.70 Å². The number of nitrogens with zero attached hydrogens (tertiary/aromatic N) is 4. The molecule has 1 unspecified atom stereocenters. The molecular formula is C21H14F3N4O3S-. The van der Waals surface area contributed by atoms with Crippen molar-refractivity contribution in [2.24, 2.45) is 0 Å². The van der Waals surface area contributed by atoms with E-state index in [2.05, 4.69) is 4.85 Å². The van der Waals surface area contributed by atoms with Crippen molar-refractivity contribution < 1.29 is 26.7 Å². The van der Waals surface area contributed by atoms with Crippen molar-refractivity contribution in [1.82, 2.24) is 4.90 Å². The maximum atomic E-state index is 13.2. The van der Waals surface area contributed by atoms with Crippen LogP contribution in [0.15, 0.2) is 58.8 Å². The van der Waals surface area contributed by atoms with Gasteiger partial charge in [-0.25, -0.2) is 9.64 Å². The smallest absolute Gasteiger partial charge is 0.416 e. The van der Waals surface area contributed by atoms with E-state index < -0.39 is 34.9 Å². The number of urea groups is 1. The van der Waals surface area contributed by atoms with Crippen molar-refractivity contribution in [1.29, 1.82) is 5.26 Å². The SMILES string of the molecule is [C-]#[N+]C1=C(C)N(c2cccc(C(F)(F)F)c2)C(=O)N(C)[C@@H]1c1ccc(C#N)cc1S(=O)[O-]. The molecule has 0 aliphatic carbocycles. The molecule has 0 aromatic heterocycles. The minimum atomic E-state index is -4.63. The van der Waals surface area contributed by atoms with Gasteiger partial charge in [-0.1, -0.05) is 12.1 Å². The average Bonchev–Trinajstić information content (AvgIpc) is 2.75. The molecule has 0 bridgehead atoms. The molecule has 11 heteroatoms. The predicted octanol–water partition coefficient (Wildman–Crippen LogP) is 4.58. The van der Waals surface area contributed by atoms with Crippen LogP contribution in [0.3, 0.4) is 0 Å². The fourth-order valence-electron chi connectivity index (χ4n) is 3.51. The summed E-state index contributed by atoms with van der Waals surface area (Å²) in [5.41, 5.74) is -0.835. The number of allylic oxidation sites excluding steroid dienone is 1. The summed E-state index contributed by atoms with van der Waals surface area (Å²) in [5, 5.41) is 9.06.